The van der Waals surface area contributed by atoms with E-state index in [-0.39, 0.29) is 5.48 Å². The molecule has 5 heteroatoms. The van der Waals surface area contributed by atoms with Crippen molar-refractivity contribution in [3.05, 3.63) is 0 Å². The van der Waals surface area contributed by atoms with E-state index in [9.17, 15) is 0 Å². The van der Waals surface area contributed by atoms with Crippen molar-refractivity contribution >= 4 is 0 Å². The summed E-state index contributed by atoms with van der Waals surface area (Å²) in [5.74, 6) is 0. The van der Waals surface area contributed by atoms with Gasteiger partial charge >= 0.3 is 0 Å². The molecule has 0 atom stereocenters. The smallest absolute Gasteiger partial charge is 0.0431 e. The molecule has 1 heterocycles. The van der Waals surface area contributed by atoms with Gasteiger partial charge in [0, 0.05) is 13.7 Å². The first-order chi connectivity index (χ1) is 7.81. The van der Waals surface area contributed by atoms with Crippen molar-refractivity contribution in [3.8, 4) is 0 Å². The maximum Gasteiger partial charge on any atom is 0.0431 e. The van der Waals surface area contributed by atoms with Crippen molar-refractivity contribution in [2.45, 2.75) is 38.5 Å². The molecular formula is C12H32N2O3. The average Bonchev–Trinajstić information content (AvgIpc) is 2.34. The minimum Gasteiger partial charge on any atom is -0.412 e. The molecule has 0 amide bonds. The normalized spacial score (nSPS) is 14.6. The van der Waals surface area contributed by atoms with Gasteiger partial charge in [-0.1, -0.05) is 6.42 Å². The van der Waals surface area contributed by atoms with Gasteiger partial charge in [0.1, 0.15) is 0 Å². The standard InChI is InChI=1S/C6H13N.C5H13NO.CH4O.H2O/c1-7-5-3-2-4-6-7;6-4-2-1-3-5-7;1-2;/h2-6H2,1H3;7H,1-6H2;2H,1H3;1H2. The Morgan fingerprint density at radius 1 is 1.00 bits per heavy atom. The Kier molecular flexibility index (Phi) is 27.4. The Bertz CT molecular complexity index is 106. The zero-order valence-corrected chi connectivity index (χ0v) is 11.5. The maximum absolute atomic E-state index is 8.25. The minimum atomic E-state index is 0. The zero-order valence-electron chi connectivity index (χ0n) is 11.5. The molecular weight excluding hydrogens is 220 g/mol. The molecule has 17 heavy (non-hydrogen) atoms. The Labute approximate surface area is 106 Å². The summed E-state index contributed by atoms with van der Waals surface area (Å²) in [6.07, 6.45) is 7.28. The molecule has 0 spiro atoms. The van der Waals surface area contributed by atoms with Crippen molar-refractivity contribution in [2.75, 3.05) is 40.4 Å². The van der Waals surface area contributed by atoms with Crippen LogP contribution in [-0.2, 0) is 0 Å². The number of hydrogen-bond acceptors (Lipinski definition) is 4. The molecule has 0 saturated carbocycles. The Morgan fingerprint density at radius 3 is 1.82 bits per heavy atom. The fraction of sp³-hybridized carbons (Fsp3) is 1.00. The first-order valence-corrected chi connectivity index (χ1v) is 6.25. The van der Waals surface area contributed by atoms with E-state index in [2.05, 4.69) is 11.9 Å². The van der Waals surface area contributed by atoms with E-state index in [1.54, 1.807) is 0 Å². The number of unbranched alkanes of at least 4 members (excludes halogenated alkanes) is 2. The number of nitrogens with two attached hydrogens (primary N) is 1. The quantitative estimate of drug-likeness (QED) is 0.613. The van der Waals surface area contributed by atoms with Crippen LogP contribution in [0.15, 0.2) is 0 Å². The van der Waals surface area contributed by atoms with Crippen molar-refractivity contribution in [2.24, 2.45) is 5.73 Å². The second-order valence-corrected chi connectivity index (χ2v) is 3.94. The number of nitrogens with zero attached hydrogens (tertiary/aromatic N) is 1. The SMILES string of the molecule is CN1CCCCC1.CO.NCCCCCO.O. The summed E-state index contributed by atoms with van der Waals surface area (Å²) >= 11 is 0. The number of rotatable bonds is 4. The Hall–Kier alpha value is -0.200. The van der Waals surface area contributed by atoms with Crippen LogP contribution >= 0.6 is 0 Å². The largest absolute Gasteiger partial charge is 0.412 e. The second kappa shape index (κ2) is 21.1. The lowest BCUT2D eigenvalue weighted by atomic mass is 10.1. The lowest BCUT2D eigenvalue weighted by molar-refractivity contribution is 0.277. The molecule has 1 saturated heterocycles. The summed E-state index contributed by atoms with van der Waals surface area (Å²) in [7, 11) is 3.19. The molecule has 1 rings (SSSR count). The van der Waals surface area contributed by atoms with Crippen LogP contribution in [0.25, 0.3) is 0 Å². The Balaban J connectivity index is -0.000000191. The molecule has 0 aromatic heterocycles. The predicted molar refractivity (Wildman–Crippen MR) is 73.1 cm³/mol. The van der Waals surface area contributed by atoms with Gasteiger partial charge in [0.2, 0.25) is 0 Å². The van der Waals surface area contributed by atoms with Gasteiger partial charge in [0.05, 0.1) is 0 Å². The number of likely N-dealkylation sites (tertiary alicyclic amines) is 1. The highest BCUT2D eigenvalue weighted by atomic mass is 16.3. The third kappa shape index (κ3) is 21.6. The van der Waals surface area contributed by atoms with E-state index < -0.39 is 0 Å². The third-order valence-corrected chi connectivity index (χ3v) is 2.44. The van der Waals surface area contributed by atoms with Crippen LogP contribution in [0.4, 0.5) is 0 Å². The predicted octanol–water partition coefficient (Wildman–Crippen LogP) is -0.00640. The van der Waals surface area contributed by atoms with Crippen molar-refractivity contribution in [3.63, 3.8) is 0 Å². The van der Waals surface area contributed by atoms with Crippen LogP contribution in [0, 0.1) is 0 Å². The Morgan fingerprint density at radius 2 is 1.53 bits per heavy atom. The van der Waals surface area contributed by atoms with Gasteiger partial charge in [-0.15, -0.1) is 0 Å². The molecule has 108 valence electrons. The van der Waals surface area contributed by atoms with E-state index in [0.29, 0.717) is 6.61 Å². The summed E-state index contributed by atoms with van der Waals surface area (Å²) in [6.45, 7) is 3.69. The van der Waals surface area contributed by atoms with Gasteiger partial charge in [0.15, 0.2) is 0 Å². The molecule has 0 aromatic rings. The van der Waals surface area contributed by atoms with Crippen LogP contribution in [0.1, 0.15) is 38.5 Å². The maximum atomic E-state index is 8.25. The molecule has 1 fully saturated rings. The number of aliphatic hydroxyl groups excluding tert-OH is 2. The summed E-state index contributed by atoms with van der Waals surface area (Å²) in [4.78, 5) is 2.39. The molecule has 0 radical (unpaired) electrons. The van der Waals surface area contributed by atoms with Crippen molar-refractivity contribution in [1.29, 1.82) is 0 Å². The van der Waals surface area contributed by atoms with Gasteiger partial charge in [0.25, 0.3) is 0 Å². The fourth-order valence-electron chi connectivity index (χ4n) is 1.48. The highest BCUT2D eigenvalue weighted by Crippen LogP contribution is 2.04. The van der Waals surface area contributed by atoms with Crippen LogP contribution in [0.5, 0.6) is 0 Å². The van der Waals surface area contributed by atoms with Crippen molar-refractivity contribution < 1.29 is 15.7 Å². The lowest BCUT2D eigenvalue weighted by Gasteiger charge is -2.20. The highest BCUT2D eigenvalue weighted by molar-refractivity contribution is 4.58. The highest BCUT2D eigenvalue weighted by Gasteiger charge is 2.02. The van der Waals surface area contributed by atoms with E-state index in [4.69, 9.17) is 15.9 Å². The van der Waals surface area contributed by atoms with Crippen LogP contribution in [-0.4, -0.2) is 61.0 Å². The van der Waals surface area contributed by atoms with Crippen molar-refractivity contribution in [1.82, 2.24) is 4.90 Å². The summed E-state index contributed by atoms with van der Waals surface area (Å²) in [5, 5.41) is 15.3. The van der Waals surface area contributed by atoms with Gasteiger partial charge in [-0.2, -0.15) is 0 Å². The van der Waals surface area contributed by atoms with E-state index in [1.165, 1.54) is 32.4 Å². The summed E-state index contributed by atoms with van der Waals surface area (Å²) in [6, 6.07) is 0. The molecule has 0 bridgehead atoms. The fourth-order valence-corrected chi connectivity index (χ4v) is 1.48. The second-order valence-electron chi connectivity index (χ2n) is 3.94. The summed E-state index contributed by atoms with van der Waals surface area (Å²) < 4.78 is 0. The molecule has 0 aliphatic carbocycles. The van der Waals surface area contributed by atoms with Gasteiger partial charge < -0.3 is 26.3 Å². The summed E-state index contributed by atoms with van der Waals surface area (Å²) in [5.41, 5.74) is 5.19. The average molecular weight is 252 g/mol. The third-order valence-electron chi connectivity index (χ3n) is 2.44. The molecule has 5 nitrogen and oxygen atoms in total. The van der Waals surface area contributed by atoms with Crippen LogP contribution in [0.3, 0.4) is 0 Å². The van der Waals surface area contributed by atoms with Gasteiger partial charge in [-0.25, -0.2) is 0 Å². The van der Waals surface area contributed by atoms with Crippen LogP contribution < -0.4 is 5.73 Å². The molecule has 1 aliphatic heterocycles. The topological polar surface area (TPSA) is 101 Å². The molecule has 1 aliphatic rings. The van der Waals surface area contributed by atoms with E-state index >= 15 is 0 Å². The van der Waals surface area contributed by atoms with E-state index in [0.717, 1.165) is 32.9 Å². The van der Waals surface area contributed by atoms with E-state index in [1.807, 2.05) is 0 Å². The van der Waals surface area contributed by atoms with Crippen LogP contribution in [0.2, 0.25) is 0 Å². The first kappa shape index (κ1) is 22.0. The number of aliphatic hydroxyl groups is 2. The monoisotopic (exact) mass is 252 g/mol. The minimum absolute atomic E-state index is 0. The molecule has 0 unspecified atom stereocenters. The first-order valence-electron chi connectivity index (χ1n) is 6.25. The molecule has 6 N–H and O–H groups in total. The van der Waals surface area contributed by atoms with Gasteiger partial charge in [-0.05, 0) is 58.8 Å². The zero-order chi connectivity index (χ0) is 12.6. The number of piperidine rings is 1. The number of hydrogen-bond donors (Lipinski definition) is 3. The molecule has 0 aromatic carbocycles. The van der Waals surface area contributed by atoms with Gasteiger partial charge in [-0.3, -0.25) is 0 Å². The lowest BCUT2D eigenvalue weighted by Crippen LogP contribution is -2.24.